The van der Waals surface area contributed by atoms with Gasteiger partial charge in [0, 0.05) is 49.2 Å². The minimum absolute atomic E-state index is 0.0188. The number of para-hydroxylation sites is 1. The summed E-state index contributed by atoms with van der Waals surface area (Å²) in [6, 6.07) is 18.7. The number of benzene rings is 2. The molecule has 1 N–H and O–H groups in total. The smallest absolute Gasteiger partial charge is 0.318 e. The van der Waals surface area contributed by atoms with Crippen LogP contribution in [0.2, 0.25) is 0 Å². The molecule has 1 fully saturated rings. The average Bonchev–Trinajstić information content (AvgIpc) is 3.40. The second-order valence-corrected chi connectivity index (χ2v) is 7.93. The van der Waals surface area contributed by atoms with Crippen LogP contribution in [0, 0.1) is 5.82 Å². The molecule has 0 bridgehead atoms. The Balaban J connectivity index is 1.37. The molecule has 2 aliphatic rings. The first-order valence-electron chi connectivity index (χ1n) is 10.4. The standard InChI is InChI=1S/C24H23FN4O2/c25-20-10-5-4-9-19(20)23-21-11-6-12-27(21)13-14-28(23)24(31)26-17-15-22(30)29(16-17)18-7-2-1-3-8-18/h1-12,17,23H,13-16H2,(H,26,31). The molecular formula is C24H23FN4O2. The van der Waals surface area contributed by atoms with Crippen LogP contribution in [0.3, 0.4) is 0 Å². The molecule has 2 aromatic carbocycles. The number of carbonyl (C=O) groups is 2. The van der Waals surface area contributed by atoms with Gasteiger partial charge in [-0.3, -0.25) is 4.79 Å². The van der Waals surface area contributed by atoms with E-state index in [0.717, 1.165) is 11.4 Å². The van der Waals surface area contributed by atoms with Crippen molar-refractivity contribution < 1.29 is 14.0 Å². The van der Waals surface area contributed by atoms with Crippen LogP contribution in [0.25, 0.3) is 0 Å². The summed E-state index contributed by atoms with van der Waals surface area (Å²) >= 11 is 0. The Morgan fingerprint density at radius 2 is 1.74 bits per heavy atom. The van der Waals surface area contributed by atoms with Gasteiger partial charge in [0.15, 0.2) is 0 Å². The molecule has 5 rings (SSSR count). The Bertz CT molecular complexity index is 1110. The van der Waals surface area contributed by atoms with E-state index in [9.17, 15) is 14.0 Å². The molecule has 158 valence electrons. The number of fused-ring (bicyclic) bond motifs is 1. The Morgan fingerprint density at radius 1 is 0.968 bits per heavy atom. The third kappa shape index (κ3) is 3.56. The van der Waals surface area contributed by atoms with Crippen LogP contribution in [0.15, 0.2) is 72.9 Å². The number of amides is 3. The van der Waals surface area contributed by atoms with Crippen molar-refractivity contribution >= 4 is 17.6 Å². The van der Waals surface area contributed by atoms with Gasteiger partial charge in [-0.1, -0.05) is 36.4 Å². The van der Waals surface area contributed by atoms with Crippen molar-refractivity contribution in [3.8, 4) is 0 Å². The average molecular weight is 418 g/mol. The van der Waals surface area contributed by atoms with Gasteiger partial charge in [0.05, 0.1) is 6.04 Å². The van der Waals surface area contributed by atoms with Crippen LogP contribution in [0.5, 0.6) is 0 Å². The molecule has 3 heterocycles. The Hall–Kier alpha value is -3.61. The van der Waals surface area contributed by atoms with Gasteiger partial charge in [-0.05, 0) is 30.3 Å². The highest BCUT2D eigenvalue weighted by Gasteiger charge is 2.37. The molecule has 7 heteroatoms. The summed E-state index contributed by atoms with van der Waals surface area (Å²) in [5, 5.41) is 3.01. The van der Waals surface area contributed by atoms with Crippen LogP contribution in [-0.4, -0.2) is 40.5 Å². The van der Waals surface area contributed by atoms with Crippen molar-refractivity contribution in [1.82, 2.24) is 14.8 Å². The maximum absolute atomic E-state index is 14.7. The van der Waals surface area contributed by atoms with Gasteiger partial charge >= 0.3 is 6.03 Å². The van der Waals surface area contributed by atoms with Crippen LogP contribution < -0.4 is 10.2 Å². The van der Waals surface area contributed by atoms with E-state index >= 15 is 0 Å². The number of nitrogens with one attached hydrogen (secondary N) is 1. The fraction of sp³-hybridized carbons (Fsp3) is 0.250. The van der Waals surface area contributed by atoms with Crippen molar-refractivity contribution in [1.29, 1.82) is 0 Å². The van der Waals surface area contributed by atoms with Crippen molar-refractivity contribution in [2.45, 2.75) is 25.0 Å². The molecule has 0 spiro atoms. The number of nitrogens with zero attached hydrogens (tertiary/aromatic N) is 3. The lowest BCUT2D eigenvalue weighted by atomic mass is 9.99. The van der Waals surface area contributed by atoms with Gasteiger partial charge in [-0.25, -0.2) is 9.18 Å². The quantitative estimate of drug-likeness (QED) is 0.707. The lowest BCUT2D eigenvalue weighted by Gasteiger charge is -2.38. The van der Waals surface area contributed by atoms with E-state index in [4.69, 9.17) is 0 Å². The van der Waals surface area contributed by atoms with Gasteiger partial charge in [0.25, 0.3) is 0 Å². The predicted molar refractivity (Wildman–Crippen MR) is 115 cm³/mol. The van der Waals surface area contributed by atoms with E-state index in [-0.39, 0.29) is 30.2 Å². The summed E-state index contributed by atoms with van der Waals surface area (Å²) in [7, 11) is 0. The van der Waals surface area contributed by atoms with E-state index in [1.54, 1.807) is 28.0 Å². The minimum atomic E-state index is -0.521. The molecule has 6 nitrogen and oxygen atoms in total. The van der Waals surface area contributed by atoms with E-state index in [1.807, 2.05) is 48.7 Å². The van der Waals surface area contributed by atoms with Crippen molar-refractivity contribution in [3.05, 3.63) is 90.0 Å². The fourth-order valence-electron chi connectivity index (χ4n) is 4.55. The Morgan fingerprint density at radius 3 is 2.55 bits per heavy atom. The SMILES string of the molecule is O=C1CC(NC(=O)N2CCn3cccc3C2c2ccccc2F)CN1c1ccccc1. The highest BCUT2D eigenvalue weighted by molar-refractivity contribution is 5.96. The highest BCUT2D eigenvalue weighted by atomic mass is 19.1. The summed E-state index contributed by atoms with van der Waals surface area (Å²) in [5.74, 6) is -0.360. The molecule has 0 aliphatic carbocycles. The monoisotopic (exact) mass is 418 g/mol. The van der Waals surface area contributed by atoms with Gasteiger partial charge < -0.3 is 19.7 Å². The minimum Gasteiger partial charge on any atom is -0.348 e. The lowest BCUT2D eigenvalue weighted by molar-refractivity contribution is -0.117. The first-order chi connectivity index (χ1) is 15.1. The van der Waals surface area contributed by atoms with E-state index in [1.165, 1.54) is 6.07 Å². The molecule has 3 aromatic rings. The molecule has 1 aromatic heterocycles. The fourth-order valence-corrected chi connectivity index (χ4v) is 4.55. The maximum atomic E-state index is 14.7. The maximum Gasteiger partial charge on any atom is 0.318 e. The molecule has 2 atom stereocenters. The highest BCUT2D eigenvalue weighted by Crippen LogP contribution is 2.34. The van der Waals surface area contributed by atoms with Crippen LogP contribution in [-0.2, 0) is 11.3 Å². The van der Waals surface area contributed by atoms with Crippen molar-refractivity contribution in [2.75, 3.05) is 18.0 Å². The zero-order chi connectivity index (χ0) is 21.4. The summed E-state index contributed by atoms with van der Waals surface area (Å²) in [4.78, 5) is 29.2. The number of hydrogen-bond donors (Lipinski definition) is 1. The van der Waals surface area contributed by atoms with Gasteiger partial charge in [-0.2, -0.15) is 0 Å². The molecule has 0 radical (unpaired) electrons. The van der Waals surface area contributed by atoms with Crippen molar-refractivity contribution in [2.24, 2.45) is 0 Å². The predicted octanol–water partition coefficient (Wildman–Crippen LogP) is 3.55. The number of halogens is 1. The number of carbonyl (C=O) groups excluding carboxylic acids is 2. The summed E-state index contributed by atoms with van der Waals surface area (Å²) in [6.07, 6.45) is 2.20. The number of anilines is 1. The molecule has 2 unspecified atom stereocenters. The third-order valence-electron chi connectivity index (χ3n) is 6.02. The number of rotatable bonds is 3. The second kappa shape index (κ2) is 7.91. The van der Waals surface area contributed by atoms with Crippen molar-refractivity contribution in [3.63, 3.8) is 0 Å². The number of urea groups is 1. The molecule has 3 amide bonds. The van der Waals surface area contributed by atoms with Gasteiger partial charge in [0.2, 0.25) is 5.91 Å². The number of aromatic nitrogens is 1. The van der Waals surface area contributed by atoms with Crippen LogP contribution in [0.1, 0.15) is 23.7 Å². The van der Waals surface area contributed by atoms with Crippen LogP contribution >= 0.6 is 0 Å². The Labute approximate surface area is 179 Å². The molecule has 0 saturated carbocycles. The molecular weight excluding hydrogens is 395 g/mol. The normalized spacial score (nSPS) is 20.6. The summed E-state index contributed by atoms with van der Waals surface area (Å²) in [5.41, 5.74) is 2.16. The van der Waals surface area contributed by atoms with Gasteiger partial charge in [0.1, 0.15) is 11.9 Å². The first-order valence-corrected chi connectivity index (χ1v) is 10.4. The molecule has 2 aliphatic heterocycles. The summed E-state index contributed by atoms with van der Waals surface area (Å²) < 4.78 is 16.7. The molecule has 1 saturated heterocycles. The molecule has 31 heavy (non-hydrogen) atoms. The zero-order valence-corrected chi connectivity index (χ0v) is 16.9. The number of hydrogen-bond acceptors (Lipinski definition) is 2. The second-order valence-electron chi connectivity index (χ2n) is 7.93. The lowest BCUT2D eigenvalue weighted by Crippen LogP contribution is -2.50. The zero-order valence-electron chi connectivity index (χ0n) is 16.9. The topological polar surface area (TPSA) is 57.6 Å². The van der Waals surface area contributed by atoms with E-state index < -0.39 is 6.04 Å². The van der Waals surface area contributed by atoms with Crippen LogP contribution in [0.4, 0.5) is 14.9 Å². The van der Waals surface area contributed by atoms with E-state index in [0.29, 0.717) is 25.2 Å². The van der Waals surface area contributed by atoms with E-state index in [2.05, 4.69) is 9.88 Å². The summed E-state index contributed by atoms with van der Waals surface area (Å²) in [6.45, 7) is 1.51. The third-order valence-corrected chi connectivity index (χ3v) is 6.02. The Kier molecular flexibility index (Phi) is 4.94. The first kappa shape index (κ1) is 19.4. The largest absolute Gasteiger partial charge is 0.348 e. The van der Waals surface area contributed by atoms with Gasteiger partial charge in [-0.15, -0.1) is 0 Å².